The van der Waals surface area contributed by atoms with Crippen molar-refractivity contribution >= 4 is 51.1 Å². The van der Waals surface area contributed by atoms with E-state index in [1.807, 2.05) is 24.3 Å². The molecule has 34 heavy (non-hydrogen) atoms. The van der Waals surface area contributed by atoms with Gasteiger partial charge in [-0.05, 0) is 43.4 Å². The highest BCUT2D eigenvalue weighted by Crippen LogP contribution is 2.34. The minimum Gasteiger partial charge on any atom is -0.465 e. The number of carbonyl (C=O) groups is 4. The molecule has 4 rings (SSSR count). The van der Waals surface area contributed by atoms with E-state index in [4.69, 9.17) is 14.2 Å². The van der Waals surface area contributed by atoms with Crippen LogP contribution in [0.4, 0.5) is 5.00 Å². The summed E-state index contributed by atoms with van der Waals surface area (Å²) in [6.45, 7) is 0.981. The van der Waals surface area contributed by atoms with Crippen molar-refractivity contribution < 1.29 is 33.4 Å². The van der Waals surface area contributed by atoms with Gasteiger partial charge in [0.15, 0.2) is 6.61 Å². The predicted molar refractivity (Wildman–Crippen MR) is 124 cm³/mol. The van der Waals surface area contributed by atoms with Crippen LogP contribution < -0.4 is 5.32 Å². The molecule has 0 bridgehead atoms. The number of fused-ring (bicyclic) bond motifs is 2. The quantitative estimate of drug-likeness (QED) is 0.419. The molecule has 0 spiro atoms. The number of nitrogens with zero attached hydrogens (tertiary/aromatic N) is 1. The van der Waals surface area contributed by atoms with Gasteiger partial charge in [0.2, 0.25) is 0 Å². The van der Waals surface area contributed by atoms with E-state index in [1.165, 1.54) is 14.2 Å². The number of amides is 1. The Kier molecular flexibility index (Phi) is 6.60. The van der Waals surface area contributed by atoms with Gasteiger partial charge in [-0.15, -0.1) is 11.3 Å². The first-order chi connectivity index (χ1) is 16.3. The molecule has 0 saturated heterocycles. The molecule has 1 aromatic carbocycles. The van der Waals surface area contributed by atoms with Gasteiger partial charge in [0.25, 0.3) is 5.91 Å². The number of thiophene rings is 1. The molecule has 0 unspecified atom stereocenters. The van der Waals surface area contributed by atoms with Crippen LogP contribution in [-0.4, -0.2) is 49.6 Å². The van der Waals surface area contributed by atoms with Gasteiger partial charge in [0.05, 0.1) is 30.9 Å². The SMILES string of the molecule is COC(=O)c1sc(NC(=O)COC(=O)c2c3c(nc4ccccc24)CCC3)c(C(=O)OC)c1C. The van der Waals surface area contributed by atoms with E-state index in [-0.39, 0.29) is 15.4 Å². The third kappa shape index (κ3) is 4.24. The molecule has 2 aromatic heterocycles. The minimum absolute atomic E-state index is 0.0468. The number of esters is 3. The van der Waals surface area contributed by atoms with E-state index in [1.54, 1.807) is 6.92 Å². The molecular formula is C24H22N2O7S. The van der Waals surface area contributed by atoms with Crippen LogP contribution in [0, 0.1) is 6.92 Å². The Labute approximate surface area is 199 Å². The third-order valence-corrected chi connectivity index (χ3v) is 6.81. The van der Waals surface area contributed by atoms with Gasteiger partial charge in [-0.25, -0.2) is 14.4 Å². The van der Waals surface area contributed by atoms with Crippen LogP contribution in [0.5, 0.6) is 0 Å². The maximum Gasteiger partial charge on any atom is 0.348 e. The van der Waals surface area contributed by atoms with Crippen molar-refractivity contribution in [3.8, 4) is 0 Å². The largest absolute Gasteiger partial charge is 0.465 e. The number of para-hydroxylation sites is 1. The van der Waals surface area contributed by atoms with E-state index in [9.17, 15) is 19.2 Å². The van der Waals surface area contributed by atoms with Crippen molar-refractivity contribution in [1.82, 2.24) is 4.98 Å². The number of rotatable bonds is 6. The molecule has 0 fully saturated rings. The second-order valence-electron chi connectivity index (χ2n) is 7.65. The smallest absolute Gasteiger partial charge is 0.348 e. The van der Waals surface area contributed by atoms with E-state index in [0.717, 1.165) is 41.9 Å². The summed E-state index contributed by atoms with van der Waals surface area (Å²) in [5.74, 6) is -2.63. The second-order valence-corrected chi connectivity index (χ2v) is 8.67. The molecule has 0 atom stereocenters. The monoisotopic (exact) mass is 482 g/mol. The molecule has 2 heterocycles. The van der Waals surface area contributed by atoms with Crippen LogP contribution in [0.1, 0.15) is 53.6 Å². The van der Waals surface area contributed by atoms with Crippen LogP contribution in [0.3, 0.4) is 0 Å². The maximum atomic E-state index is 13.0. The number of nitrogens with one attached hydrogen (secondary N) is 1. The van der Waals surface area contributed by atoms with Gasteiger partial charge in [-0.2, -0.15) is 0 Å². The minimum atomic E-state index is -0.713. The average molecular weight is 483 g/mol. The Morgan fingerprint density at radius 1 is 1.00 bits per heavy atom. The molecule has 0 aliphatic heterocycles. The number of ether oxygens (including phenoxy) is 3. The average Bonchev–Trinajstić information content (AvgIpc) is 3.43. The number of pyridine rings is 1. The van der Waals surface area contributed by atoms with Crippen molar-refractivity contribution in [2.24, 2.45) is 0 Å². The van der Waals surface area contributed by atoms with E-state index in [0.29, 0.717) is 22.0 Å². The summed E-state index contributed by atoms with van der Waals surface area (Å²) >= 11 is 0.884. The lowest BCUT2D eigenvalue weighted by Gasteiger charge is -2.12. The first kappa shape index (κ1) is 23.4. The van der Waals surface area contributed by atoms with Gasteiger partial charge in [-0.3, -0.25) is 9.78 Å². The number of anilines is 1. The van der Waals surface area contributed by atoms with Crippen molar-refractivity contribution in [3.05, 3.63) is 57.1 Å². The van der Waals surface area contributed by atoms with Crippen LogP contribution >= 0.6 is 11.3 Å². The highest BCUT2D eigenvalue weighted by Gasteiger charge is 2.28. The lowest BCUT2D eigenvalue weighted by Crippen LogP contribution is -2.22. The zero-order valence-electron chi connectivity index (χ0n) is 18.9. The van der Waals surface area contributed by atoms with Gasteiger partial charge in [0.1, 0.15) is 9.88 Å². The van der Waals surface area contributed by atoms with Gasteiger partial charge in [-0.1, -0.05) is 18.2 Å². The first-order valence-corrected chi connectivity index (χ1v) is 11.3. The van der Waals surface area contributed by atoms with Crippen LogP contribution in [0.15, 0.2) is 24.3 Å². The number of aryl methyl sites for hydroxylation is 1. The van der Waals surface area contributed by atoms with Gasteiger partial charge in [0, 0.05) is 11.1 Å². The lowest BCUT2D eigenvalue weighted by atomic mass is 10.0. The summed E-state index contributed by atoms with van der Waals surface area (Å²) in [5, 5.41) is 3.33. The number of benzene rings is 1. The van der Waals surface area contributed by atoms with Crippen molar-refractivity contribution in [2.75, 3.05) is 26.1 Å². The molecular weight excluding hydrogens is 460 g/mol. The fraction of sp³-hybridized carbons (Fsp3) is 0.292. The number of hydrogen-bond donors (Lipinski definition) is 1. The summed E-state index contributed by atoms with van der Waals surface area (Å²) in [6, 6.07) is 7.32. The molecule has 1 amide bonds. The highest BCUT2D eigenvalue weighted by molar-refractivity contribution is 7.18. The number of aromatic nitrogens is 1. The Bertz CT molecular complexity index is 1330. The van der Waals surface area contributed by atoms with Crippen LogP contribution in [0.25, 0.3) is 10.9 Å². The van der Waals surface area contributed by atoms with Crippen molar-refractivity contribution in [1.29, 1.82) is 0 Å². The predicted octanol–water partition coefficient (Wildman–Crippen LogP) is 3.46. The number of hydrogen-bond acceptors (Lipinski definition) is 9. The molecule has 1 aliphatic rings. The lowest BCUT2D eigenvalue weighted by molar-refractivity contribution is -0.119. The summed E-state index contributed by atoms with van der Waals surface area (Å²) in [4.78, 5) is 54.7. The topological polar surface area (TPSA) is 121 Å². The van der Waals surface area contributed by atoms with E-state index in [2.05, 4.69) is 10.3 Å². The molecule has 1 aliphatic carbocycles. The first-order valence-electron chi connectivity index (χ1n) is 10.5. The Morgan fingerprint density at radius 2 is 1.74 bits per heavy atom. The summed E-state index contributed by atoms with van der Waals surface area (Å²) in [7, 11) is 2.42. The van der Waals surface area contributed by atoms with E-state index < -0.39 is 30.4 Å². The maximum absolute atomic E-state index is 13.0. The molecule has 0 saturated carbocycles. The Hall–Kier alpha value is -3.79. The number of methoxy groups -OCH3 is 2. The molecule has 1 N–H and O–H groups in total. The zero-order chi connectivity index (χ0) is 24.4. The molecule has 176 valence electrons. The standard InChI is InChI=1S/C24H22N2O7S/c1-12-18(22(28)31-2)21(34-20(12)24(30)32-3)26-17(27)11-33-23(29)19-13-7-4-5-9-15(13)25-16-10-6-8-14(16)19/h4-5,7,9H,6,8,10-11H2,1-3H3,(H,26,27). The fourth-order valence-corrected chi connectivity index (χ4v) is 5.18. The molecule has 0 radical (unpaired) electrons. The van der Waals surface area contributed by atoms with Crippen molar-refractivity contribution in [3.63, 3.8) is 0 Å². The Balaban J connectivity index is 1.54. The van der Waals surface area contributed by atoms with Crippen molar-refractivity contribution in [2.45, 2.75) is 26.2 Å². The summed E-state index contributed by atoms with van der Waals surface area (Å²) < 4.78 is 14.9. The van der Waals surface area contributed by atoms with Gasteiger partial charge < -0.3 is 19.5 Å². The van der Waals surface area contributed by atoms with Gasteiger partial charge >= 0.3 is 17.9 Å². The summed E-state index contributed by atoms with van der Waals surface area (Å²) in [5.41, 5.74) is 3.24. The second kappa shape index (κ2) is 9.60. The molecule has 9 nitrogen and oxygen atoms in total. The normalized spacial score (nSPS) is 12.2. The van der Waals surface area contributed by atoms with Crippen LogP contribution in [-0.2, 0) is 31.8 Å². The molecule has 3 aromatic rings. The fourth-order valence-electron chi connectivity index (χ4n) is 4.05. The third-order valence-electron chi connectivity index (χ3n) is 5.62. The Morgan fingerprint density at radius 3 is 2.47 bits per heavy atom. The summed E-state index contributed by atoms with van der Waals surface area (Å²) in [6.07, 6.45) is 2.41. The number of carbonyl (C=O) groups excluding carboxylic acids is 4. The van der Waals surface area contributed by atoms with Crippen LogP contribution in [0.2, 0.25) is 0 Å². The molecule has 10 heteroatoms. The zero-order valence-corrected chi connectivity index (χ0v) is 19.7. The van der Waals surface area contributed by atoms with E-state index >= 15 is 0 Å². The highest BCUT2D eigenvalue weighted by atomic mass is 32.1.